The van der Waals surface area contributed by atoms with Crippen LogP contribution in [0.5, 0.6) is 0 Å². The number of morpholine rings is 1. The van der Waals surface area contributed by atoms with Gasteiger partial charge in [-0.1, -0.05) is 32.9 Å². The third kappa shape index (κ3) is 7.34. The molecule has 3 N–H and O–H groups in total. The fourth-order valence-corrected chi connectivity index (χ4v) is 9.57. The highest BCUT2D eigenvalue weighted by Gasteiger charge is 2.54. The van der Waals surface area contributed by atoms with Crippen molar-refractivity contribution in [2.75, 3.05) is 77.9 Å². The average Bonchev–Trinajstić information content (AvgIpc) is 3.44. The topological polar surface area (TPSA) is 110 Å². The summed E-state index contributed by atoms with van der Waals surface area (Å²) in [5.41, 5.74) is 2.74. The molecule has 11 heteroatoms. The smallest absolute Gasteiger partial charge is 0.257 e. The van der Waals surface area contributed by atoms with Crippen molar-refractivity contribution in [3.8, 4) is 0 Å². The minimum Gasteiger partial charge on any atom is -0.392 e. The Morgan fingerprint density at radius 2 is 1.83 bits per heavy atom. The van der Waals surface area contributed by atoms with Gasteiger partial charge in [-0.25, -0.2) is 4.98 Å². The van der Waals surface area contributed by atoms with E-state index in [1.807, 2.05) is 19.1 Å². The predicted molar refractivity (Wildman–Crippen MR) is 181 cm³/mol. The third-order valence-corrected chi connectivity index (χ3v) is 12.2. The molecule has 3 heterocycles. The minimum atomic E-state index is -0.592. The fourth-order valence-electron chi connectivity index (χ4n) is 8.31. The Balaban J connectivity index is 1.06. The summed E-state index contributed by atoms with van der Waals surface area (Å²) in [5.74, 6) is -0.462. The fraction of sp³-hybridized carbons (Fsp3) is 0.686. The van der Waals surface area contributed by atoms with E-state index in [0.29, 0.717) is 17.2 Å². The van der Waals surface area contributed by atoms with Crippen molar-refractivity contribution in [3.05, 3.63) is 46.0 Å². The summed E-state index contributed by atoms with van der Waals surface area (Å²) in [6, 6.07) is 7.92. The molecular formula is C35H52N6O4S. The van der Waals surface area contributed by atoms with Crippen LogP contribution in [0.15, 0.2) is 24.3 Å². The van der Waals surface area contributed by atoms with Crippen LogP contribution in [0.4, 0.5) is 5.13 Å². The van der Waals surface area contributed by atoms with Gasteiger partial charge in [-0.15, -0.1) is 11.3 Å². The number of amides is 2. The zero-order valence-corrected chi connectivity index (χ0v) is 28.8. The number of ether oxygens (including phenoxy) is 1. The summed E-state index contributed by atoms with van der Waals surface area (Å²) in [5, 5.41) is 18.6. The van der Waals surface area contributed by atoms with Gasteiger partial charge in [0.15, 0.2) is 5.13 Å². The van der Waals surface area contributed by atoms with E-state index >= 15 is 0 Å². The number of aromatic nitrogens is 1. The first kappa shape index (κ1) is 33.5. The monoisotopic (exact) mass is 652 g/mol. The SMILES string of the molecule is C[C@H](C(=O)NCCN1CCOCC1)[C@H]1CC[C@]2(C)Cc3sc(NC(=O)c4ccc(CN5CCN(C)CC5)cc4)nc3[C@@H](C)[C@@H]2[C@H]1O. The lowest BCUT2D eigenvalue weighted by atomic mass is 9.53. The van der Waals surface area contributed by atoms with Crippen molar-refractivity contribution in [1.29, 1.82) is 0 Å². The first-order valence-electron chi connectivity index (χ1n) is 17.2. The first-order valence-corrected chi connectivity index (χ1v) is 18.0. The molecule has 3 fully saturated rings. The van der Waals surface area contributed by atoms with Gasteiger partial charge in [0.25, 0.3) is 5.91 Å². The summed E-state index contributed by atoms with van der Waals surface area (Å²) in [4.78, 5) is 39.6. The Morgan fingerprint density at radius 3 is 2.54 bits per heavy atom. The minimum absolute atomic E-state index is 0.000786. The van der Waals surface area contributed by atoms with E-state index in [1.165, 1.54) is 10.4 Å². The van der Waals surface area contributed by atoms with Crippen molar-refractivity contribution in [2.45, 2.75) is 58.6 Å². The molecule has 4 aliphatic rings. The molecule has 1 aromatic heterocycles. The van der Waals surface area contributed by atoms with E-state index in [-0.39, 0.29) is 40.9 Å². The molecule has 2 amide bonds. The Labute approximate surface area is 277 Å². The van der Waals surface area contributed by atoms with E-state index in [4.69, 9.17) is 9.72 Å². The van der Waals surface area contributed by atoms with Crippen LogP contribution >= 0.6 is 11.3 Å². The standard InChI is InChI=1S/C35H52N6O4S/c1-23(32(43)36-11-12-40-17-19-45-20-18-40)27-9-10-35(3)21-28-30(24(2)29(35)31(27)42)37-34(46-28)38-33(44)26-7-5-25(6-8-26)22-41-15-13-39(4)14-16-41/h5-8,23-24,27,29,31,42H,9-22H2,1-4H3,(H,36,43)(H,37,38,44)/t23-,24-,27+,29+,31-,35+/m0/s1. The Bertz CT molecular complexity index is 1360. The number of piperazine rings is 1. The van der Waals surface area contributed by atoms with Crippen molar-refractivity contribution in [3.63, 3.8) is 0 Å². The second-order valence-electron chi connectivity index (χ2n) is 14.4. The van der Waals surface area contributed by atoms with Crippen LogP contribution in [0.1, 0.15) is 66.0 Å². The molecular weight excluding hydrogens is 600 g/mol. The normalized spacial score (nSPS) is 29.8. The van der Waals surface area contributed by atoms with Crippen molar-refractivity contribution < 1.29 is 19.4 Å². The van der Waals surface area contributed by atoms with Gasteiger partial charge in [-0.05, 0) is 61.3 Å². The maximum Gasteiger partial charge on any atom is 0.257 e. The van der Waals surface area contributed by atoms with Crippen molar-refractivity contribution in [1.82, 2.24) is 25.0 Å². The quantitative estimate of drug-likeness (QED) is 0.379. The highest BCUT2D eigenvalue weighted by atomic mass is 32.1. The van der Waals surface area contributed by atoms with E-state index in [1.54, 1.807) is 11.3 Å². The van der Waals surface area contributed by atoms with Gasteiger partial charge >= 0.3 is 0 Å². The number of carbonyl (C=O) groups is 2. The number of nitrogens with one attached hydrogen (secondary N) is 2. The lowest BCUT2D eigenvalue weighted by Gasteiger charge is -2.53. The number of aliphatic hydroxyl groups is 1. The summed E-state index contributed by atoms with van der Waals surface area (Å²) in [6.07, 6.45) is 2.01. The molecule has 0 radical (unpaired) electrons. The first-order chi connectivity index (χ1) is 22.1. The summed E-state index contributed by atoms with van der Waals surface area (Å²) >= 11 is 1.57. The van der Waals surface area contributed by atoms with Gasteiger partial charge in [0, 0.05) is 81.2 Å². The summed E-state index contributed by atoms with van der Waals surface area (Å²) in [7, 11) is 2.16. The maximum absolute atomic E-state index is 13.2. The number of likely N-dealkylation sites (N-methyl/N-ethyl adjacent to an activating group) is 1. The van der Waals surface area contributed by atoms with Crippen LogP contribution < -0.4 is 10.6 Å². The summed E-state index contributed by atoms with van der Waals surface area (Å²) < 4.78 is 5.42. The van der Waals surface area contributed by atoms with Crippen LogP contribution in [0, 0.1) is 23.2 Å². The number of rotatable bonds is 9. The Morgan fingerprint density at radius 1 is 1.11 bits per heavy atom. The van der Waals surface area contributed by atoms with Crippen LogP contribution in [0.25, 0.3) is 0 Å². The van der Waals surface area contributed by atoms with Crippen LogP contribution in [0.3, 0.4) is 0 Å². The zero-order valence-electron chi connectivity index (χ0n) is 28.0. The van der Waals surface area contributed by atoms with Gasteiger partial charge in [0.05, 0.1) is 25.0 Å². The van der Waals surface area contributed by atoms with Crippen molar-refractivity contribution >= 4 is 28.3 Å². The van der Waals surface area contributed by atoms with E-state index in [0.717, 1.165) is 90.5 Å². The van der Waals surface area contributed by atoms with Gasteiger partial charge < -0.3 is 20.1 Å². The van der Waals surface area contributed by atoms with Gasteiger partial charge in [0.2, 0.25) is 5.91 Å². The molecule has 0 bridgehead atoms. The number of fused-ring (bicyclic) bond motifs is 2. The Kier molecular flexibility index (Phi) is 10.5. The number of thiazole rings is 1. The lowest BCUT2D eigenvalue weighted by molar-refractivity contribution is -0.134. The number of anilines is 1. The van der Waals surface area contributed by atoms with E-state index in [9.17, 15) is 14.7 Å². The Hall–Kier alpha value is -2.41. The maximum atomic E-state index is 13.2. The van der Waals surface area contributed by atoms with Gasteiger partial charge in [-0.2, -0.15) is 0 Å². The number of aliphatic hydroxyl groups excluding tert-OH is 1. The number of hydrogen-bond donors (Lipinski definition) is 3. The number of carbonyl (C=O) groups excluding carboxylic acids is 2. The average molecular weight is 653 g/mol. The molecule has 252 valence electrons. The second kappa shape index (κ2) is 14.4. The zero-order chi connectivity index (χ0) is 32.4. The molecule has 0 unspecified atom stereocenters. The molecule has 1 saturated carbocycles. The highest BCUT2D eigenvalue weighted by Crippen LogP contribution is 2.57. The van der Waals surface area contributed by atoms with Crippen LogP contribution in [-0.4, -0.2) is 115 Å². The predicted octanol–water partition coefficient (Wildman–Crippen LogP) is 3.28. The molecule has 2 aromatic rings. The molecule has 46 heavy (non-hydrogen) atoms. The van der Waals surface area contributed by atoms with Crippen molar-refractivity contribution in [2.24, 2.45) is 23.2 Å². The van der Waals surface area contributed by atoms with E-state index in [2.05, 4.69) is 58.4 Å². The molecule has 10 nitrogen and oxygen atoms in total. The van der Waals surface area contributed by atoms with Crippen LogP contribution in [0.2, 0.25) is 0 Å². The number of nitrogens with zero attached hydrogens (tertiary/aromatic N) is 4. The molecule has 2 aliphatic heterocycles. The molecule has 1 aromatic carbocycles. The molecule has 6 rings (SSSR count). The summed E-state index contributed by atoms with van der Waals surface area (Å²) in [6.45, 7) is 16.3. The number of hydrogen-bond acceptors (Lipinski definition) is 9. The molecule has 6 atom stereocenters. The van der Waals surface area contributed by atoms with Crippen LogP contribution in [-0.2, 0) is 22.5 Å². The lowest BCUT2D eigenvalue weighted by Crippen LogP contribution is -2.53. The van der Waals surface area contributed by atoms with Gasteiger partial charge in [0.1, 0.15) is 0 Å². The van der Waals surface area contributed by atoms with Gasteiger partial charge in [-0.3, -0.25) is 24.7 Å². The molecule has 2 aliphatic carbocycles. The van der Waals surface area contributed by atoms with E-state index < -0.39 is 6.10 Å². The number of benzene rings is 1. The second-order valence-corrected chi connectivity index (χ2v) is 15.5. The third-order valence-electron chi connectivity index (χ3n) is 11.2. The molecule has 2 saturated heterocycles. The molecule has 0 spiro atoms. The highest BCUT2D eigenvalue weighted by molar-refractivity contribution is 7.15. The largest absolute Gasteiger partial charge is 0.392 e.